The number of aromatic carboxylic acids is 1. The van der Waals surface area contributed by atoms with E-state index in [0.717, 1.165) is 11.1 Å². The van der Waals surface area contributed by atoms with Crippen LogP contribution in [-0.2, 0) is 13.0 Å². The Hall–Kier alpha value is -2.66. The third-order valence-electron chi connectivity index (χ3n) is 3.86. The van der Waals surface area contributed by atoms with Gasteiger partial charge in [0.2, 0.25) is 0 Å². The first kappa shape index (κ1) is 17.2. The number of thiazole rings is 1. The third kappa shape index (κ3) is 3.88. The number of carbonyl (C=O) groups is 1. The number of benzene rings is 2. The highest BCUT2D eigenvalue weighted by atomic mass is 32.1. The van der Waals surface area contributed by atoms with Gasteiger partial charge in [0.1, 0.15) is 22.2 Å². The summed E-state index contributed by atoms with van der Waals surface area (Å²) in [5.74, 6) is -0.227. The van der Waals surface area contributed by atoms with Crippen LogP contribution in [0.1, 0.15) is 33.4 Å². The van der Waals surface area contributed by atoms with E-state index in [1.54, 1.807) is 0 Å². The van der Waals surface area contributed by atoms with Crippen LogP contribution in [-0.4, -0.2) is 16.1 Å². The highest BCUT2D eigenvalue weighted by Gasteiger charge is 2.18. The van der Waals surface area contributed by atoms with E-state index in [4.69, 9.17) is 4.74 Å². The van der Waals surface area contributed by atoms with Crippen molar-refractivity contribution in [3.8, 4) is 16.3 Å². The van der Waals surface area contributed by atoms with Gasteiger partial charge in [-0.15, -0.1) is 11.3 Å². The number of carboxylic acid groups (broad SMARTS) is 1. The summed E-state index contributed by atoms with van der Waals surface area (Å²) in [6.07, 6.45) is 0.588. The molecule has 0 spiro atoms. The van der Waals surface area contributed by atoms with E-state index in [-0.39, 0.29) is 0 Å². The second-order valence-corrected chi connectivity index (χ2v) is 6.72. The van der Waals surface area contributed by atoms with E-state index in [0.29, 0.717) is 34.4 Å². The van der Waals surface area contributed by atoms with Gasteiger partial charge >= 0.3 is 5.97 Å². The van der Waals surface area contributed by atoms with Crippen molar-refractivity contribution in [1.82, 2.24) is 4.98 Å². The molecule has 2 aromatic carbocycles. The molecule has 0 bridgehead atoms. The summed E-state index contributed by atoms with van der Waals surface area (Å²) in [5.41, 5.74) is 3.72. The monoisotopic (exact) mass is 353 g/mol. The molecule has 0 aliphatic carbocycles. The Morgan fingerprint density at radius 2 is 1.88 bits per heavy atom. The van der Waals surface area contributed by atoms with E-state index >= 15 is 0 Å². The minimum Gasteiger partial charge on any atom is -0.488 e. The number of hydrogen-bond donors (Lipinski definition) is 1. The highest BCUT2D eigenvalue weighted by Crippen LogP contribution is 2.35. The molecule has 3 aromatic rings. The number of para-hydroxylation sites is 1. The summed E-state index contributed by atoms with van der Waals surface area (Å²) in [4.78, 5) is 16.2. The van der Waals surface area contributed by atoms with E-state index in [1.807, 2.05) is 50.2 Å². The summed E-state index contributed by atoms with van der Waals surface area (Å²) >= 11 is 1.19. The van der Waals surface area contributed by atoms with Gasteiger partial charge < -0.3 is 9.84 Å². The van der Waals surface area contributed by atoms with E-state index in [1.165, 1.54) is 16.9 Å². The van der Waals surface area contributed by atoms with Gasteiger partial charge in [-0.25, -0.2) is 9.78 Å². The molecule has 0 saturated heterocycles. The molecule has 5 heteroatoms. The Morgan fingerprint density at radius 1 is 1.16 bits per heavy atom. The van der Waals surface area contributed by atoms with Crippen LogP contribution < -0.4 is 4.74 Å². The average Bonchev–Trinajstić information content (AvgIpc) is 3.06. The zero-order valence-corrected chi connectivity index (χ0v) is 15.0. The van der Waals surface area contributed by atoms with Crippen molar-refractivity contribution in [2.75, 3.05) is 0 Å². The Bertz CT molecular complexity index is 884. The molecule has 3 rings (SSSR count). The number of rotatable bonds is 6. The molecule has 1 aromatic heterocycles. The Kier molecular flexibility index (Phi) is 5.14. The van der Waals surface area contributed by atoms with Crippen LogP contribution in [0.3, 0.4) is 0 Å². The smallest absolute Gasteiger partial charge is 0.347 e. The second-order valence-electron chi connectivity index (χ2n) is 5.72. The highest BCUT2D eigenvalue weighted by molar-refractivity contribution is 7.17. The molecule has 0 unspecified atom stereocenters. The standard InChI is InChI=1S/C20H19NO3S/c1-3-16-18(20(22)23)25-19(21-16)15-6-4-5-7-17(15)24-12-14-10-8-13(2)9-11-14/h4-11H,3,12H2,1-2H3,(H,22,23). The fourth-order valence-corrected chi connectivity index (χ4v) is 3.51. The molecule has 4 nitrogen and oxygen atoms in total. The SMILES string of the molecule is CCc1nc(-c2ccccc2OCc2ccc(C)cc2)sc1C(=O)O. The fraction of sp³-hybridized carbons (Fsp3) is 0.200. The lowest BCUT2D eigenvalue weighted by Crippen LogP contribution is -1.97. The molecular weight excluding hydrogens is 334 g/mol. The Balaban J connectivity index is 1.88. The van der Waals surface area contributed by atoms with Crippen LogP contribution in [0.15, 0.2) is 48.5 Å². The number of hydrogen-bond acceptors (Lipinski definition) is 4. The van der Waals surface area contributed by atoms with E-state index in [2.05, 4.69) is 17.1 Å². The normalized spacial score (nSPS) is 10.6. The van der Waals surface area contributed by atoms with Gasteiger partial charge in [0.15, 0.2) is 0 Å². The first-order valence-electron chi connectivity index (χ1n) is 8.09. The van der Waals surface area contributed by atoms with Crippen molar-refractivity contribution in [2.24, 2.45) is 0 Å². The van der Waals surface area contributed by atoms with Crippen LogP contribution >= 0.6 is 11.3 Å². The number of aryl methyl sites for hydroxylation is 2. The first-order chi connectivity index (χ1) is 12.1. The minimum absolute atomic E-state index is 0.297. The van der Waals surface area contributed by atoms with Gasteiger partial charge in [-0.05, 0) is 31.0 Å². The third-order valence-corrected chi connectivity index (χ3v) is 4.98. The molecule has 25 heavy (non-hydrogen) atoms. The summed E-state index contributed by atoms with van der Waals surface area (Å²) < 4.78 is 5.98. The molecule has 0 saturated carbocycles. The van der Waals surface area contributed by atoms with Crippen molar-refractivity contribution in [3.05, 3.63) is 70.2 Å². The van der Waals surface area contributed by atoms with Gasteiger partial charge in [0, 0.05) is 0 Å². The van der Waals surface area contributed by atoms with Crippen LogP contribution in [0.25, 0.3) is 10.6 Å². The zero-order chi connectivity index (χ0) is 17.8. The van der Waals surface area contributed by atoms with Crippen LogP contribution in [0.4, 0.5) is 0 Å². The summed E-state index contributed by atoms with van der Waals surface area (Å²) in [6.45, 7) is 4.41. The number of nitrogens with zero attached hydrogens (tertiary/aromatic N) is 1. The number of carboxylic acids is 1. The van der Waals surface area contributed by atoms with Crippen molar-refractivity contribution in [3.63, 3.8) is 0 Å². The van der Waals surface area contributed by atoms with Crippen LogP contribution in [0, 0.1) is 6.92 Å². The summed E-state index contributed by atoms with van der Waals surface area (Å²) in [7, 11) is 0. The molecule has 0 amide bonds. The van der Waals surface area contributed by atoms with Crippen molar-refractivity contribution < 1.29 is 14.6 Å². The molecule has 1 N–H and O–H groups in total. The van der Waals surface area contributed by atoms with Crippen molar-refractivity contribution >= 4 is 17.3 Å². The Morgan fingerprint density at radius 3 is 2.52 bits per heavy atom. The molecule has 0 fully saturated rings. The second kappa shape index (κ2) is 7.49. The maximum absolute atomic E-state index is 11.4. The van der Waals surface area contributed by atoms with Crippen LogP contribution in [0.5, 0.6) is 5.75 Å². The van der Waals surface area contributed by atoms with Gasteiger partial charge in [-0.1, -0.05) is 48.9 Å². The van der Waals surface area contributed by atoms with Crippen LogP contribution in [0.2, 0.25) is 0 Å². The molecule has 1 heterocycles. The number of ether oxygens (including phenoxy) is 1. The molecule has 0 aliphatic heterocycles. The fourth-order valence-electron chi connectivity index (χ4n) is 2.49. The van der Waals surface area contributed by atoms with Crippen molar-refractivity contribution in [1.29, 1.82) is 0 Å². The zero-order valence-electron chi connectivity index (χ0n) is 14.2. The predicted octanol–water partition coefficient (Wildman–Crippen LogP) is 4.96. The summed E-state index contributed by atoms with van der Waals surface area (Å²) in [6, 6.07) is 15.8. The summed E-state index contributed by atoms with van der Waals surface area (Å²) in [5, 5.41) is 10.0. The number of aromatic nitrogens is 1. The quantitative estimate of drug-likeness (QED) is 0.680. The average molecular weight is 353 g/mol. The van der Waals surface area contributed by atoms with Crippen molar-refractivity contribution in [2.45, 2.75) is 26.9 Å². The lowest BCUT2D eigenvalue weighted by atomic mass is 10.1. The Labute approximate surface area is 150 Å². The lowest BCUT2D eigenvalue weighted by Gasteiger charge is -2.10. The predicted molar refractivity (Wildman–Crippen MR) is 99.4 cm³/mol. The maximum atomic E-state index is 11.4. The molecule has 0 aliphatic rings. The maximum Gasteiger partial charge on any atom is 0.347 e. The van der Waals surface area contributed by atoms with Gasteiger partial charge in [0.05, 0.1) is 11.3 Å². The van der Waals surface area contributed by atoms with Gasteiger partial charge in [-0.3, -0.25) is 0 Å². The van der Waals surface area contributed by atoms with Gasteiger partial charge in [-0.2, -0.15) is 0 Å². The first-order valence-corrected chi connectivity index (χ1v) is 8.91. The topological polar surface area (TPSA) is 59.4 Å². The largest absolute Gasteiger partial charge is 0.488 e. The molecule has 128 valence electrons. The molecule has 0 atom stereocenters. The van der Waals surface area contributed by atoms with Gasteiger partial charge in [0.25, 0.3) is 0 Å². The minimum atomic E-state index is -0.932. The van der Waals surface area contributed by atoms with E-state index < -0.39 is 5.97 Å². The lowest BCUT2D eigenvalue weighted by molar-refractivity contribution is 0.0701. The molecular formula is C20H19NO3S. The molecule has 0 radical (unpaired) electrons. The van der Waals surface area contributed by atoms with E-state index in [9.17, 15) is 9.90 Å².